The number of nitrogens with zero attached hydrogens (tertiary/aromatic N) is 3. The lowest BCUT2D eigenvalue weighted by Crippen LogP contribution is -2.43. The molecule has 43 heavy (non-hydrogen) atoms. The number of carbonyl (C=O) groups is 2. The number of hydrogen-bond donors (Lipinski definition) is 2. The third kappa shape index (κ3) is 6.13. The summed E-state index contributed by atoms with van der Waals surface area (Å²) in [5, 5.41) is 6.46. The lowest BCUT2D eigenvalue weighted by Gasteiger charge is -2.31. The lowest BCUT2D eigenvalue weighted by atomic mass is 9.97. The number of carbonyl (C=O) groups excluding carboxylic acids is 2. The second-order valence-electron chi connectivity index (χ2n) is 10.6. The Morgan fingerprint density at radius 3 is 2.67 bits per heavy atom. The van der Waals surface area contributed by atoms with E-state index in [-0.39, 0.29) is 37.6 Å². The molecule has 2 unspecified atom stereocenters. The van der Waals surface area contributed by atoms with Gasteiger partial charge in [0.1, 0.15) is 4.75 Å². The first-order valence-electron chi connectivity index (χ1n) is 14.0. The molecule has 6 rings (SSSR count). The number of nitrogens with one attached hydrogen (secondary N) is 2. The van der Waals surface area contributed by atoms with Crippen LogP contribution in [-0.4, -0.2) is 72.1 Å². The zero-order chi connectivity index (χ0) is 29.9. The van der Waals surface area contributed by atoms with Gasteiger partial charge in [0.25, 0.3) is 5.91 Å². The summed E-state index contributed by atoms with van der Waals surface area (Å²) in [6, 6.07) is 11.3. The van der Waals surface area contributed by atoms with E-state index < -0.39 is 26.8 Å². The summed E-state index contributed by atoms with van der Waals surface area (Å²) in [7, 11) is -3.93. The van der Waals surface area contributed by atoms with E-state index in [0.717, 1.165) is 28.8 Å². The minimum absolute atomic E-state index is 0.00343. The van der Waals surface area contributed by atoms with Crippen LogP contribution in [0, 0.1) is 0 Å². The van der Waals surface area contributed by atoms with E-state index in [9.17, 15) is 18.0 Å². The van der Waals surface area contributed by atoms with Gasteiger partial charge in [0.05, 0.1) is 30.1 Å². The highest BCUT2D eigenvalue weighted by Gasteiger charge is 2.50. The van der Waals surface area contributed by atoms with Gasteiger partial charge in [-0.15, -0.1) is 11.3 Å². The van der Waals surface area contributed by atoms with E-state index in [4.69, 9.17) is 14.0 Å². The number of ether oxygens (including phenoxy) is 1. The number of rotatable bonds is 8. The molecule has 0 aliphatic carbocycles. The fourth-order valence-electron chi connectivity index (χ4n) is 5.45. The standard InChI is InChI=1S/C29H31N5O7S2/c35-26(33-41-27-3-1-2-13-39-27)15-29(10-11-34(12-14-43(29,37)38)28(36)22-16-31-32-17-22)25-9-8-24(42-25)21-6-4-20(5-7-21)23-18-30-19-40-23/h4-9,16-19,27H,1-3,10-15H2,(H,31,32)(H,33,35). The van der Waals surface area contributed by atoms with Crippen molar-refractivity contribution in [1.82, 2.24) is 25.6 Å². The van der Waals surface area contributed by atoms with Crippen LogP contribution in [0.3, 0.4) is 0 Å². The summed E-state index contributed by atoms with van der Waals surface area (Å²) in [5.74, 6) is -0.544. The number of hydrogen-bond acceptors (Lipinski definition) is 10. The fourth-order valence-corrected chi connectivity index (χ4v) is 9.06. The number of amides is 2. The van der Waals surface area contributed by atoms with Crippen molar-refractivity contribution >= 4 is 33.0 Å². The van der Waals surface area contributed by atoms with Gasteiger partial charge in [-0.2, -0.15) is 5.10 Å². The van der Waals surface area contributed by atoms with Gasteiger partial charge >= 0.3 is 0 Å². The Kier molecular flexibility index (Phi) is 8.43. The quantitative estimate of drug-likeness (QED) is 0.277. The van der Waals surface area contributed by atoms with Crippen molar-refractivity contribution in [2.24, 2.45) is 0 Å². The van der Waals surface area contributed by atoms with Gasteiger partial charge in [0.15, 0.2) is 28.3 Å². The van der Waals surface area contributed by atoms with Gasteiger partial charge in [0, 0.05) is 47.6 Å². The normalized spacial score (nSPS) is 22.1. The number of oxazole rings is 1. The first-order valence-corrected chi connectivity index (χ1v) is 16.5. The van der Waals surface area contributed by atoms with Gasteiger partial charge < -0.3 is 14.1 Å². The van der Waals surface area contributed by atoms with E-state index in [1.165, 1.54) is 35.0 Å². The van der Waals surface area contributed by atoms with E-state index in [1.807, 2.05) is 30.3 Å². The SMILES string of the molecule is O=C(CC1(c2ccc(-c3ccc(-c4cnco4)cc3)s2)CCN(C(=O)c2cn[nH]c2)CCS1(=O)=O)NOC1CCCCO1. The van der Waals surface area contributed by atoms with Crippen molar-refractivity contribution in [3.63, 3.8) is 0 Å². The molecular formula is C29H31N5O7S2. The van der Waals surface area contributed by atoms with Crippen molar-refractivity contribution in [2.45, 2.75) is 43.1 Å². The maximum atomic E-state index is 14.1. The highest BCUT2D eigenvalue weighted by Crippen LogP contribution is 2.45. The molecule has 1 aromatic carbocycles. The van der Waals surface area contributed by atoms with Crippen molar-refractivity contribution in [1.29, 1.82) is 0 Å². The highest BCUT2D eigenvalue weighted by molar-refractivity contribution is 7.92. The molecule has 0 bridgehead atoms. The molecule has 2 aliphatic heterocycles. The number of aromatic nitrogens is 3. The maximum absolute atomic E-state index is 14.1. The van der Waals surface area contributed by atoms with E-state index in [0.29, 0.717) is 29.2 Å². The summed E-state index contributed by atoms with van der Waals surface area (Å²) in [4.78, 5) is 38.8. The molecule has 3 aromatic heterocycles. The van der Waals surface area contributed by atoms with Crippen LogP contribution in [0.15, 0.2) is 65.8 Å². The van der Waals surface area contributed by atoms with Gasteiger partial charge in [-0.25, -0.2) is 23.7 Å². The largest absolute Gasteiger partial charge is 0.444 e. The minimum Gasteiger partial charge on any atom is -0.444 e. The van der Waals surface area contributed by atoms with Gasteiger partial charge in [-0.3, -0.25) is 14.7 Å². The fraction of sp³-hybridized carbons (Fsp3) is 0.379. The molecule has 4 aromatic rings. The van der Waals surface area contributed by atoms with Gasteiger partial charge in [-0.1, -0.05) is 24.3 Å². The Bertz CT molecular complexity index is 1650. The van der Waals surface area contributed by atoms with Crippen LogP contribution in [0.25, 0.3) is 21.8 Å². The van der Waals surface area contributed by atoms with Crippen LogP contribution >= 0.6 is 11.3 Å². The number of sulfone groups is 1. The van der Waals surface area contributed by atoms with E-state index in [1.54, 1.807) is 12.3 Å². The molecule has 2 atom stereocenters. The third-order valence-corrected chi connectivity index (χ3v) is 11.8. The maximum Gasteiger partial charge on any atom is 0.257 e. The zero-order valence-electron chi connectivity index (χ0n) is 23.2. The zero-order valence-corrected chi connectivity index (χ0v) is 24.9. The minimum atomic E-state index is -3.93. The van der Waals surface area contributed by atoms with Gasteiger partial charge in [-0.05, 0) is 37.0 Å². The second-order valence-corrected chi connectivity index (χ2v) is 14.1. The number of aromatic amines is 1. The average Bonchev–Trinajstić information content (AvgIpc) is 3.82. The Morgan fingerprint density at radius 2 is 1.95 bits per heavy atom. The van der Waals surface area contributed by atoms with Crippen LogP contribution in [0.1, 0.15) is 47.3 Å². The predicted molar refractivity (Wildman–Crippen MR) is 157 cm³/mol. The van der Waals surface area contributed by atoms with Crippen LogP contribution in [0.4, 0.5) is 0 Å². The molecule has 0 saturated carbocycles. The monoisotopic (exact) mass is 625 g/mol. The summed E-state index contributed by atoms with van der Waals surface area (Å²) >= 11 is 1.32. The molecule has 0 radical (unpaired) electrons. The van der Waals surface area contributed by atoms with Crippen molar-refractivity contribution < 1.29 is 32.0 Å². The van der Waals surface area contributed by atoms with Crippen LogP contribution in [-0.2, 0) is 29.0 Å². The van der Waals surface area contributed by atoms with E-state index in [2.05, 4.69) is 20.7 Å². The lowest BCUT2D eigenvalue weighted by molar-refractivity contribution is -0.200. The third-order valence-electron chi connectivity index (χ3n) is 7.87. The van der Waals surface area contributed by atoms with Crippen LogP contribution < -0.4 is 5.48 Å². The molecule has 2 amide bonds. The number of benzene rings is 1. The topological polar surface area (TPSA) is 157 Å². The number of H-pyrrole nitrogens is 1. The number of thiophene rings is 1. The average molecular weight is 626 g/mol. The molecule has 2 N–H and O–H groups in total. The smallest absolute Gasteiger partial charge is 0.257 e. The Morgan fingerprint density at radius 1 is 1.12 bits per heavy atom. The molecule has 0 spiro atoms. The van der Waals surface area contributed by atoms with Crippen molar-refractivity contribution in [3.05, 3.63) is 71.8 Å². The molecule has 5 heterocycles. The summed E-state index contributed by atoms with van der Waals surface area (Å²) in [6.07, 6.45) is 7.47. The number of hydroxylamine groups is 1. The summed E-state index contributed by atoms with van der Waals surface area (Å²) in [5.41, 5.74) is 4.53. The van der Waals surface area contributed by atoms with Crippen molar-refractivity contribution in [2.75, 3.05) is 25.4 Å². The summed E-state index contributed by atoms with van der Waals surface area (Å²) < 4.78 is 37.6. The highest BCUT2D eigenvalue weighted by atomic mass is 32.2. The first kappa shape index (κ1) is 29.2. The Hall–Kier alpha value is -3.85. The molecule has 14 heteroatoms. The molecule has 12 nitrogen and oxygen atoms in total. The first-order chi connectivity index (χ1) is 20.8. The van der Waals surface area contributed by atoms with Crippen LogP contribution in [0.5, 0.6) is 0 Å². The second kappa shape index (κ2) is 12.4. The van der Waals surface area contributed by atoms with Crippen molar-refractivity contribution in [3.8, 4) is 21.8 Å². The molecule has 2 aliphatic rings. The Labute approximate surface area is 252 Å². The summed E-state index contributed by atoms with van der Waals surface area (Å²) in [6.45, 7) is 0.683. The molecule has 2 fully saturated rings. The Balaban J connectivity index is 1.29. The van der Waals surface area contributed by atoms with Crippen LogP contribution in [0.2, 0.25) is 0 Å². The van der Waals surface area contributed by atoms with E-state index >= 15 is 0 Å². The predicted octanol–water partition coefficient (Wildman–Crippen LogP) is 3.91. The van der Waals surface area contributed by atoms with Gasteiger partial charge in [0.2, 0.25) is 5.91 Å². The molecule has 226 valence electrons. The molecule has 2 saturated heterocycles. The molecular weight excluding hydrogens is 594 g/mol.